The summed E-state index contributed by atoms with van der Waals surface area (Å²) in [5.74, 6) is 0.466. The summed E-state index contributed by atoms with van der Waals surface area (Å²) in [6.45, 7) is 8.14. The van der Waals surface area contributed by atoms with E-state index < -0.39 is 5.60 Å². The van der Waals surface area contributed by atoms with Gasteiger partial charge in [-0.05, 0) is 41.8 Å². The van der Waals surface area contributed by atoms with Gasteiger partial charge < -0.3 is 10.0 Å². The average Bonchev–Trinajstić information content (AvgIpc) is 2.52. The fourth-order valence-corrected chi connectivity index (χ4v) is 4.15. The van der Waals surface area contributed by atoms with Crippen molar-refractivity contribution in [2.24, 2.45) is 5.41 Å². The minimum atomic E-state index is -1.10. The van der Waals surface area contributed by atoms with Crippen LogP contribution in [0.15, 0.2) is 42.6 Å². The van der Waals surface area contributed by atoms with Gasteiger partial charge in [-0.3, -0.25) is 0 Å². The predicted molar refractivity (Wildman–Crippen MR) is 98.4 cm³/mol. The lowest BCUT2D eigenvalue weighted by Gasteiger charge is -2.56. The van der Waals surface area contributed by atoms with Gasteiger partial charge >= 0.3 is 0 Å². The first-order valence-corrected chi connectivity index (χ1v) is 8.77. The van der Waals surface area contributed by atoms with E-state index >= 15 is 0 Å². The topological polar surface area (TPSA) is 36.4 Å². The van der Waals surface area contributed by atoms with Gasteiger partial charge in [0.2, 0.25) is 0 Å². The lowest BCUT2D eigenvalue weighted by molar-refractivity contribution is -0.127. The van der Waals surface area contributed by atoms with Crippen molar-refractivity contribution >= 4 is 11.6 Å². The lowest BCUT2D eigenvalue weighted by Crippen LogP contribution is -2.63. The van der Waals surface area contributed by atoms with Crippen LogP contribution in [0, 0.1) is 5.41 Å². The Morgan fingerprint density at radius 2 is 1.79 bits per heavy atom. The maximum Gasteiger partial charge on any atom is 0.129 e. The molecule has 0 aliphatic carbocycles. The number of aliphatic hydroxyl groups is 1. The summed E-state index contributed by atoms with van der Waals surface area (Å²) in [5.41, 5.74) is 1.61. The van der Waals surface area contributed by atoms with E-state index in [-0.39, 0.29) is 5.41 Å². The van der Waals surface area contributed by atoms with Gasteiger partial charge in [-0.1, -0.05) is 56.6 Å². The van der Waals surface area contributed by atoms with E-state index in [2.05, 4.69) is 49.8 Å². The number of pyridine rings is 1. The summed E-state index contributed by atoms with van der Waals surface area (Å²) in [4.78, 5) is 6.29. The summed E-state index contributed by atoms with van der Waals surface area (Å²) in [6.07, 6.45) is 1.66. The van der Waals surface area contributed by atoms with Gasteiger partial charge in [-0.2, -0.15) is 0 Å². The highest BCUT2D eigenvalue weighted by atomic mass is 35.5. The van der Waals surface area contributed by atoms with Gasteiger partial charge in [0.05, 0.1) is 0 Å². The van der Waals surface area contributed by atoms with Crippen LogP contribution in [0.2, 0.25) is 5.15 Å². The minimum Gasteiger partial charge on any atom is -0.380 e. The molecule has 0 unspecified atom stereocenters. The van der Waals surface area contributed by atoms with Crippen LogP contribution in [0.5, 0.6) is 0 Å². The van der Waals surface area contributed by atoms with E-state index in [4.69, 9.17) is 11.6 Å². The van der Waals surface area contributed by atoms with Crippen LogP contribution in [0.4, 0.5) is 0 Å². The molecule has 0 radical (unpaired) electrons. The van der Waals surface area contributed by atoms with E-state index in [1.807, 2.05) is 18.2 Å². The standard InChI is InChI=1S/C20H25ClN2O/c1-14(2)15-5-7-16(8-6-15)20(24,19(3)12-23(4)13-19)17-9-10-22-18(21)11-17/h5-11,14,24H,12-13H2,1-4H3/t20-/m0/s1. The van der Waals surface area contributed by atoms with Crippen LogP contribution in [-0.2, 0) is 5.60 Å². The van der Waals surface area contributed by atoms with Crippen molar-refractivity contribution in [1.29, 1.82) is 0 Å². The van der Waals surface area contributed by atoms with Crippen molar-refractivity contribution in [2.45, 2.75) is 32.3 Å². The fraction of sp³-hybridized carbons (Fsp3) is 0.450. The van der Waals surface area contributed by atoms with Crippen LogP contribution in [0.3, 0.4) is 0 Å². The number of rotatable bonds is 4. The van der Waals surface area contributed by atoms with Gasteiger partial charge in [0.25, 0.3) is 0 Å². The third kappa shape index (κ3) is 2.75. The Morgan fingerprint density at radius 3 is 2.29 bits per heavy atom. The molecule has 24 heavy (non-hydrogen) atoms. The molecule has 1 atom stereocenters. The van der Waals surface area contributed by atoms with E-state index in [0.717, 1.165) is 24.2 Å². The third-order valence-electron chi connectivity index (χ3n) is 5.25. The Balaban J connectivity index is 2.12. The first-order valence-electron chi connectivity index (χ1n) is 8.40. The van der Waals surface area contributed by atoms with E-state index in [1.54, 1.807) is 12.3 Å². The Bertz CT molecular complexity index is 723. The number of benzene rings is 1. The molecule has 0 saturated carbocycles. The minimum absolute atomic E-state index is 0.272. The Morgan fingerprint density at radius 1 is 1.17 bits per heavy atom. The molecule has 0 spiro atoms. The van der Waals surface area contributed by atoms with Crippen molar-refractivity contribution in [3.63, 3.8) is 0 Å². The number of likely N-dealkylation sites (tertiary alicyclic amines) is 1. The molecular weight excluding hydrogens is 320 g/mol. The summed E-state index contributed by atoms with van der Waals surface area (Å²) >= 11 is 6.11. The molecule has 1 fully saturated rings. The molecule has 1 N–H and O–H groups in total. The summed E-state index contributed by atoms with van der Waals surface area (Å²) in [6, 6.07) is 12.0. The predicted octanol–water partition coefficient (Wildman–Crippen LogP) is 4.05. The molecule has 0 amide bonds. The molecule has 1 aromatic carbocycles. The fourth-order valence-electron chi connectivity index (χ4n) is 3.97. The number of nitrogens with zero attached hydrogens (tertiary/aromatic N) is 2. The van der Waals surface area contributed by atoms with Gasteiger partial charge in [-0.25, -0.2) is 4.98 Å². The SMILES string of the molecule is CC(C)c1ccc([C@](O)(c2ccnc(Cl)c2)C2(C)CN(C)C2)cc1. The third-order valence-corrected chi connectivity index (χ3v) is 5.46. The molecule has 2 heterocycles. The zero-order chi connectivity index (χ0) is 17.5. The molecule has 3 nitrogen and oxygen atoms in total. The maximum absolute atomic E-state index is 11.9. The van der Waals surface area contributed by atoms with Crippen LogP contribution in [0.1, 0.15) is 43.4 Å². The molecule has 3 rings (SSSR count). The van der Waals surface area contributed by atoms with Crippen molar-refractivity contribution in [2.75, 3.05) is 20.1 Å². The zero-order valence-electron chi connectivity index (χ0n) is 14.8. The van der Waals surface area contributed by atoms with Crippen molar-refractivity contribution in [3.8, 4) is 0 Å². The average molecular weight is 345 g/mol. The van der Waals surface area contributed by atoms with E-state index in [1.165, 1.54) is 5.56 Å². The van der Waals surface area contributed by atoms with Gasteiger partial charge in [0.1, 0.15) is 10.8 Å². The van der Waals surface area contributed by atoms with E-state index in [9.17, 15) is 5.11 Å². The van der Waals surface area contributed by atoms with Crippen molar-refractivity contribution in [3.05, 3.63) is 64.4 Å². The number of halogens is 1. The molecule has 1 aromatic heterocycles. The second-order valence-electron chi connectivity index (χ2n) is 7.59. The Kier molecular flexibility index (Phi) is 4.45. The van der Waals surface area contributed by atoms with Crippen molar-refractivity contribution < 1.29 is 5.11 Å². The zero-order valence-corrected chi connectivity index (χ0v) is 15.5. The highest BCUT2D eigenvalue weighted by molar-refractivity contribution is 6.29. The van der Waals surface area contributed by atoms with Crippen LogP contribution in [-0.4, -0.2) is 35.1 Å². The largest absolute Gasteiger partial charge is 0.380 e. The number of hydrogen-bond acceptors (Lipinski definition) is 3. The Labute approximate surface area is 149 Å². The molecule has 128 valence electrons. The molecule has 1 saturated heterocycles. The lowest BCUT2D eigenvalue weighted by atomic mass is 9.62. The summed E-state index contributed by atoms with van der Waals surface area (Å²) < 4.78 is 0. The molecule has 0 bridgehead atoms. The molecule has 1 aliphatic rings. The molecule has 1 aliphatic heterocycles. The van der Waals surface area contributed by atoms with Gasteiger partial charge in [-0.15, -0.1) is 0 Å². The van der Waals surface area contributed by atoms with Crippen molar-refractivity contribution in [1.82, 2.24) is 9.88 Å². The van der Waals surface area contributed by atoms with Crippen LogP contribution in [0.25, 0.3) is 0 Å². The summed E-state index contributed by atoms with van der Waals surface area (Å²) in [5, 5.41) is 12.3. The monoisotopic (exact) mass is 344 g/mol. The molecule has 4 heteroatoms. The molecular formula is C20H25ClN2O. The number of aromatic nitrogens is 1. The van der Waals surface area contributed by atoms with Crippen LogP contribution >= 0.6 is 11.6 Å². The highest BCUT2D eigenvalue weighted by Gasteiger charge is 2.55. The quantitative estimate of drug-likeness (QED) is 0.850. The molecule has 2 aromatic rings. The summed E-state index contributed by atoms with van der Waals surface area (Å²) in [7, 11) is 2.07. The smallest absolute Gasteiger partial charge is 0.129 e. The first kappa shape index (κ1) is 17.4. The van der Waals surface area contributed by atoms with Gasteiger partial charge in [0, 0.05) is 24.7 Å². The van der Waals surface area contributed by atoms with Gasteiger partial charge in [0.15, 0.2) is 0 Å². The second-order valence-corrected chi connectivity index (χ2v) is 7.97. The highest BCUT2D eigenvalue weighted by Crippen LogP contribution is 2.50. The number of hydrogen-bond donors (Lipinski definition) is 1. The van der Waals surface area contributed by atoms with E-state index in [0.29, 0.717) is 11.1 Å². The normalized spacial score (nSPS) is 19.8. The maximum atomic E-state index is 11.9. The Hall–Kier alpha value is -1.42. The first-order chi connectivity index (χ1) is 11.3. The van der Waals surface area contributed by atoms with Crippen LogP contribution < -0.4 is 0 Å². The second kappa shape index (κ2) is 6.14.